The average molecular weight is 363 g/mol. The topological polar surface area (TPSA) is 79.2 Å². The number of halogens is 2. The molecule has 0 saturated heterocycles. The first-order valence-corrected chi connectivity index (χ1v) is 7.64. The highest BCUT2D eigenvalue weighted by molar-refractivity contribution is 6.42. The van der Waals surface area contributed by atoms with Gasteiger partial charge in [-0.15, -0.1) is 0 Å². The van der Waals surface area contributed by atoms with Crippen LogP contribution in [-0.4, -0.2) is 18.0 Å². The van der Waals surface area contributed by atoms with Gasteiger partial charge in [-0.1, -0.05) is 35.3 Å². The Hall–Kier alpha value is -2.55. The lowest BCUT2D eigenvalue weighted by Gasteiger charge is -2.14. The molecule has 0 heterocycles. The van der Waals surface area contributed by atoms with Crippen molar-refractivity contribution in [2.45, 2.75) is 13.0 Å². The maximum atomic E-state index is 12.1. The fourth-order valence-electron chi connectivity index (χ4n) is 1.83. The van der Waals surface area contributed by atoms with Crippen molar-refractivity contribution in [2.75, 3.05) is 5.32 Å². The van der Waals surface area contributed by atoms with Crippen LogP contribution in [0.15, 0.2) is 42.5 Å². The molecule has 1 atom stereocenters. The molecular weight excluding hydrogens is 351 g/mol. The van der Waals surface area contributed by atoms with Gasteiger partial charge in [0.1, 0.15) is 6.07 Å². The smallest absolute Gasteiger partial charge is 0.338 e. The van der Waals surface area contributed by atoms with Gasteiger partial charge in [-0.05, 0) is 37.3 Å². The van der Waals surface area contributed by atoms with Crippen molar-refractivity contribution in [3.63, 3.8) is 0 Å². The number of nitrogens with one attached hydrogen (secondary N) is 1. The van der Waals surface area contributed by atoms with Crippen molar-refractivity contribution < 1.29 is 14.3 Å². The van der Waals surface area contributed by atoms with Gasteiger partial charge >= 0.3 is 5.97 Å². The summed E-state index contributed by atoms with van der Waals surface area (Å²) in [5.74, 6) is -1.25. The highest BCUT2D eigenvalue weighted by Gasteiger charge is 2.20. The third-order valence-corrected chi connectivity index (χ3v) is 3.85. The molecule has 0 aromatic heterocycles. The summed E-state index contributed by atoms with van der Waals surface area (Å²) < 4.78 is 5.10. The Morgan fingerprint density at radius 3 is 2.54 bits per heavy atom. The van der Waals surface area contributed by atoms with Crippen molar-refractivity contribution in [2.24, 2.45) is 0 Å². The van der Waals surface area contributed by atoms with Crippen LogP contribution >= 0.6 is 23.2 Å². The maximum absolute atomic E-state index is 12.1. The molecule has 0 bridgehead atoms. The zero-order valence-corrected chi connectivity index (χ0v) is 14.1. The molecule has 7 heteroatoms. The number of amides is 1. The largest absolute Gasteiger partial charge is 0.449 e. The Morgan fingerprint density at radius 1 is 1.17 bits per heavy atom. The van der Waals surface area contributed by atoms with Crippen molar-refractivity contribution >= 4 is 40.8 Å². The second-order valence-corrected chi connectivity index (χ2v) is 5.64. The molecule has 2 rings (SSSR count). The van der Waals surface area contributed by atoms with Crippen LogP contribution in [0.2, 0.25) is 10.0 Å². The molecule has 122 valence electrons. The van der Waals surface area contributed by atoms with E-state index in [1.54, 1.807) is 24.3 Å². The lowest BCUT2D eigenvalue weighted by molar-refractivity contribution is -0.123. The van der Waals surface area contributed by atoms with Crippen LogP contribution in [0.5, 0.6) is 0 Å². The molecule has 2 aromatic carbocycles. The number of rotatable bonds is 4. The van der Waals surface area contributed by atoms with Crippen molar-refractivity contribution in [3.05, 3.63) is 63.6 Å². The predicted molar refractivity (Wildman–Crippen MR) is 91.1 cm³/mol. The second kappa shape index (κ2) is 7.82. The molecule has 1 amide bonds. The quantitative estimate of drug-likeness (QED) is 0.832. The fourth-order valence-corrected chi connectivity index (χ4v) is 2.13. The molecule has 0 spiro atoms. The van der Waals surface area contributed by atoms with Gasteiger partial charge in [-0.25, -0.2) is 4.79 Å². The number of ether oxygens (including phenoxy) is 1. The van der Waals surface area contributed by atoms with E-state index in [9.17, 15) is 9.59 Å². The van der Waals surface area contributed by atoms with Crippen LogP contribution in [0, 0.1) is 11.3 Å². The van der Waals surface area contributed by atoms with Crippen LogP contribution in [0.4, 0.5) is 5.69 Å². The van der Waals surface area contributed by atoms with E-state index in [1.807, 2.05) is 6.07 Å². The highest BCUT2D eigenvalue weighted by atomic mass is 35.5. The molecule has 0 aliphatic carbocycles. The van der Waals surface area contributed by atoms with Gasteiger partial charge in [0, 0.05) is 0 Å². The van der Waals surface area contributed by atoms with Crippen molar-refractivity contribution in [1.29, 1.82) is 5.26 Å². The molecular formula is C17H12Cl2N2O3. The number of anilines is 1. The third kappa shape index (κ3) is 4.25. The number of carbonyl (C=O) groups excluding carboxylic acids is 2. The number of para-hydroxylation sites is 1. The number of nitriles is 1. The number of benzene rings is 2. The van der Waals surface area contributed by atoms with E-state index in [0.29, 0.717) is 16.3 Å². The first-order valence-electron chi connectivity index (χ1n) is 6.88. The molecule has 0 unspecified atom stereocenters. The molecule has 1 N–H and O–H groups in total. The Balaban J connectivity index is 2.04. The summed E-state index contributed by atoms with van der Waals surface area (Å²) in [5.41, 5.74) is 0.845. The SMILES string of the molecule is C[C@H](OC(=O)c1ccc(Cl)c(Cl)c1)C(=O)Nc1ccccc1C#N. The van der Waals surface area contributed by atoms with Gasteiger partial charge in [-0.2, -0.15) is 5.26 Å². The van der Waals surface area contributed by atoms with Gasteiger partial charge in [0.2, 0.25) is 0 Å². The maximum Gasteiger partial charge on any atom is 0.338 e. The molecule has 24 heavy (non-hydrogen) atoms. The zero-order valence-electron chi connectivity index (χ0n) is 12.5. The molecule has 0 saturated carbocycles. The molecule has 0 radical (unpaired) electrons. The summed E-state index contributed by atoms with van der Waals surface area (Å²) in [7, 11) is 0. The summed E-state index contributed by atoms with van der Waals surface area (Å²) in [6.07, 6.45) is -1.06. The molecule has 0 aliphatic heterocycles. The Bertz CT molecular complexity index is 831. The number of nitrogens with zero attached hydrogens (tertiary/aromatic N) is 1. The first-order chi connectivity index (χ1) is 11.4. The summed E-state index contributed by atoms with van der Waals surface area (Å²) in [6, 6.07) is 12.8. The standard InChI is InChI=1S/C17H12Cl2N2O3/c1-10(16(22)21-15-5-3-2-4-12(15)9-20)24-17(23)11-6-7-13(18)14(19)8-11/h2-8,10H,1H3,(H,21,22)/t10-/m0/s1. The van der Waals surface area contributed by atoms with Gasteiger partial charge in [0.05, 0.1) is 26.9 Å². The monoisotopic (exact) mass is 362 g/mol. The normalized spacial score (nSPS) is 11.2. The molecule has 0 fully saturated rings. The van der Waals surface area contributed by atoms with Crippen LogP contribution in [0.1, 0.15) is 22.8 Å². The van der Waals surface area contributed by atoms with Gasteiger partial charge in [0.15, 0.2) is 6.10 Å². The van der Waals surface area contributed by atoms with Crippen LogP contribution < -0.4 is 5.32 Å². The minimum Gasteiger partial charge on any atom is -0.449 e. The van der Waals surface area contributed by atoms with E-state index in [4.69, 9.17) is 33.2 Å². The van der Waals surface area contributed by atoms with E-state index in [1.165, 1.54) is 25.1 Å². The Kier molecular flexibility index (Phi) is 5.80. The predicted octanol–water partition coefficient (Wildman–Crippen LogP) is 4.05. The average Bonchev–Trinajstić information content (AvgIpc) is 2.57. The van der Waals surface area contributed by atoms with E-state index >= 15 is 0 Å². The molecule has 5 nitrogen and oxygen atoms in total. The van der Waals surface area contributed by atoms with Gasteiger partial charge < -0.3 is 10.1 Å². The molecule has 2 aromatic rings. The second-order valence-electron chi connectivity index (χ2n) is 4.82. The lowest BCUT2D eigenvalue weighted by Crippen LogP contribution is -2.30. The fraction of sp³-hybridized carbons (Fsp3) is 0.118. The summed E-state index contributed by atoms with van der Waals surface area (Å²) in [5, 5.41) is 12.1. The van der Waals surface area contributed by atoms with E-state index in [2.05, 4.69) is 5.32 Å². The van der Waals surface area contributed by atoms with Crippen LogP contribution in [0.3, 0.4) is 0 Å². The van der Waals surface area contributed by atoms with Crippen molar-refractivity contribution in [3.8, 4) is 6.07 Å². The minimum absolute atomic E-state index is 0.182. The summed E-state index contributed by atoms with van der Waals surface area (Å²) in [4.78, 5) is 24.2. The number of hydrogen-bond acceptors (Lipinski definition) is 4. The zero-order chi connectivity index (χ0) is 17.7. The Labute approximate surface area is 148 Å². The van der Waals surface area contributed by atoms with Gasteiger partial charge in [0.25, 0.3) is 5.91 Å². The van der Waals surface area contributed by atoms with E-state index in [0.717, 1.165) is 0 Å². The summed E-state index contributed by atoms with van der Waals surface area (Å²) >= 11 is 11.6. The van der Waals surface area contributed by atoms with E-state index in [-0.39, 0.29) is 10.6 Å². The number of hydrogen-bond donors (Lipinski definition) is 1. The Morgan fingerprint density at radius 2 is 1.88 bits per heavy atom. The first kappa shape index (κ1) is 17.8. The van der Waals surface area contributed by atoms with Gasteiger partial charge in [-0.3, -0.25) is 4.79 Å². The molecule has 0 aliphatic rings. The van der Waals surface area contributed by atoms with Crippen LogP contribution in [0.25, 0.3) is 0 Å². The number of esters is 1. The third-order valence-electron chi connectivity index (χ3n) is 3.11. The highest BCUT2D eigenvalue weighted by Crippen LogP contribution is 2.23. The van der Waals surface area contributed by atoms with E-state index < -0.39 is 18.0 Å². The number of carbonyl (C=O) groups is 2. The lowest BCUT2D eigenvalue weighted by atomic mass is 10.2. The van der Waals surface area contributed by atoms with Crippen molar-refractivity contribution in [1.82, 2.24) is 0 Å². The van der Waals surface area contributed by atoms with Crippen LogP contribution in [-0.2, 0) is 9.53 Å². The minimum atomic E-state index is -1.06. The summed E-state index contributed by atoms with van der Waals surface area (Å²) in [6.45, 7) is 1.43.